The fraction of sp³-hybridized carbons (Fsp3) is 0.346. The molecule has 33 heavy (non-hydrogen) atoms. The summed E-state index contributed by atoms with van der Waals surface area (Å²) in [6.45, 7) is 3.77. The maximum absolute atomic E-state index is 13.5. The van der Waals surface area contributed by atoms with Crippen molar-refractivity contribution in [3.8, 4) is 0 Å². The van der Waals surface area contributed by atoms with Crippen molar-refractivity contribution in [2.24, 2.45) is 5.41 Å². The third kappa shape index (κ3) is 4.05. The van der Waals surface area contributed by atoms with Crippen molar-refractivity contribution in [3.05, 3.63) is 71.8 Å². The molecule has 1 saturated heterocycles. The molecule has 3 aromatic rings. The van der Waals surface area contributed by atoms with Crippen LogP contribution >= 0.6 is 0 Å². The van der Waals surface area contributed by atoms with E-state index in [1.165, 1.54) is 0 Å². The zero-order valence-electron chi connectivity index (χ0n) is 18.7. The van der Waals surface area contributed by atoms with E-state index in [4.69, 9.17) is 0 Å². The van der Waals surface area contributed by atoms with E-state index in [2.05, 4.69) is 15.4 Å². The number of piperidine rings is 1. The standard InChI is InChI=1S/C26H29N3O3S/c1-18-6-2-3-7-19(18)25(30)28-22-10-11-23(21-9-5-4-8-20(21)22)33(31,32)29-24-12-13-26(24)14-16-27-17-15-26/h2-11,24,27,29H,12-17H2,1H3,(H,28,30). The van der Waals surface area contributed by atoms with Crippen LogP contribution in [0.3, 0.4) is 0 Å². The van der Waals surface area contributed by atoms with Crippen molar-refractivity contribution in [1.29, 1.82) is 0 Å². The van der Waals surface area contributed by atoms with Gasteiger partial charge in [-0.3, -0.25) is 4.79 Å². The van der Waals surface area contributed by atoms with Gasteiger partial charge in [-0.15, -0.1) is 0 Å². The molecule has 0 bridgehead atoms. The smallest absolute Gasteiger partial charge is 0.255 e. The van der Waals surface area contributed by atoms with Gasteiger partial charge in [0.25, 0.3) is 5.91 Å². The molecule has 2 aliphatic rings. The maximum atomic E-state index is 13.5. The molecule has 1 aliphatic carbocycles. The quantitative estimate of drug-likeness (QED) is 0.529. The van der Waals surface area contributed by atoms with Gasteiger partial charge in [-0.2, -0.15) is 0 Å². The minimum absolute atomic E-state index is 0.0243. The Morgan fingerprint density at radius 1 is 0.939 bits per heavy atom. The summed E-state index contributed by atoms with van der Waals surface area (Å²) in [5.41, 5.74) is 2.15. The number of hydrogen-bond acceptors (Lipinski definition) is 4. The lowest BCUT2D eigenvalue weighted by atomic mass is 9.60. The molecule has 3 N–H and O–H groups in total. The first kappa shape index (κ1) is 22.1. The zero-order chi connectivity index (χ0) is 23.1. The zero-order valence-corrected chi connectivity index (χ0v) is 19.5. The molecule has 5 rings (SSSR count). The number of benzene rings is 3. The molecule has 1 heterocycles. The summed E-state index contributed by atoms with van der Waals surface area (Å²) < 4.78 is 29.9. The van der Waals surface area contributed by atoms with Gasteiger partial charge in [-0.25, -0.2) is 13.1 Å². The van der Waals surface area contributed by atoms with E-state index in [1.54, 1.807) is 24.3 Å². The highest BCUT2D eigenvalue weighted by Crippen LogP contribution is 2.48. The Bertz CT molecular complexity index is 1310. The summed E-state index contributed by atoms with van der Waals surface area (Å²) in [5, 5.41) is 7.65. The second kappa shape index (κ2) is 8.56. The van der Waals surface area contributed by atoms with Gasteiger partial charge in [-0.1, -0.05) is 42.5 Å². The van der Waals surface area contributed by atoms with Gasteiger partial charge in [0.2, 0.25) is 10.0 Å². The average molecular weight is 464 g/mol. The molecule has 0 aromatic heterocycles. The second-order valence-electron chi connectivity index (χ2n) is 9.25. The van der Waals surface area contributed by atoms with E-state index in [0.29, 0.717) is 22.0 Å². The van der Waals surface area contributed by atoms with Crippen molar-refractivity contribution in [2.45, 2.75) is 43.5 Å². The van der Waals surface area contributed by atoms with Crippen LogP contribution in [0.15, 0.2) is 65.6 Å². The number of amides is 1. The van der Waals surface area contributed by atoms with E-state index >= 15 is 0 Å². The molecule has 7 heteroatoms. The number of sulfonamides is 1. The predicted octanol–water partition coefficient (Wildman–Crippen LogP) is 4.21. The molecule has 1 aliphatic heterocycles. The number of anilines is 1. The molecule has 1 spiro atoms. The Kier molecular flexibility index (Phi) is 5.72. The van der Waals surface area contributed by atoms with Gasteiger partial charge < -0.3 is 10.6 Å². The minimum atomic E-state index is -3.71. The lowest BCUT2D eigenvalue weighted by Crippen LogP contribution is -2.58. The highest BCUT2D eigenvalue weighted by Gasteiger charge is 2.48. The fourth-order valence-corrected chi connectivity index (χ4v) is 6.87. The number of carbonyl (C=O) groups is 1. The van der Waals surface area contributed by atoms with E-state index in [0.717, 1.165) is 44.3 Å². The Labute approximate surface area is 194 Å². The number of aryl methyl sites for hydroxylation is 1. The van der Waals surface area contributed by atoms with Crippen LogP contribution in [0.25, 0.3) is 10.8 Å². The first-order valence-electron chi connectivity index (χ1n) is 11.5. The lowest BCUT2D eigenvalue weighted by molar-refractivity contribution is 0.0437. The van der Waals surface area contributed by atoms with Gasteiger partial charge in [0.1, 0.15) is 0 Å². The van der Waals surface area contributed by atoms with Crippen LogP contribution in [0, 0.1) is 12.3 Å². The molecule has 6 nitrogen and oxygen atoms in total. The topological polar surface area (TPSA) is 87.3 Å². The summed E-state index contributed by atoms with van der Waals surface area (Å²) in [5.74, 6) is -0.214. The molecule has 172 valence electrons. The summed E-state index contributed by atoms with van der Waals surface area (Å²) in [4.78, 5) is 13.1. The Morgan fingerprint density at radius 2 is 1.64 bits per heavy atom. The van der Waals surface area contributed by atoms with Crippen LogP contribution in [0.2, 0.25) is 0 Å². The number of hydrogen-bond donors (Lipinski definition) is 3. The Balaban J connectivity index is 1.45. The van der Waals surface area contributed by atoms with E-state index in [1.807, 2.05) is 43.3 Å². The summed E-state index contributed by atoms with van der Waals surface area (Å²) in [6.07, 6.45) is 3.96. The minimum Gasteiger partial charge on any atom is -0.321 e. The van der Waals surface area contributed by atoms with Gasteiger partial charge >= 0.3 is 0 Å². The van der Waals surface area contributed by atoms with Crippen LogP contribution in [-0.2, 0) is 10.0 Å². The van der Waals surface area contributed by atoms with Crippen molar-refractivity contribution in [3.63, 3.8) is 0 Å². The van der Waals surface area contributed by atoms with Gasteiger partial charge in [-0.05, 0) is 74.9 Å². The normalized spacial score (nSPS) is 19.8. The number of rotatable bonds is 5. The Morgan fingerprint density at radius 3 is 2.33 bits per heavy atom. The molecule has 2 fully saturated rings. The maximum Gasteiger partial charge on any atom is 0.255 e. The van der Waals surface area contributed by atoms with Crippen LogP contribution < -0.4 is 15.4 Å². The second-order valence-corrected chi connectivity index (χ2v) is 10.9. The number of carbonyl (C=O) groups excluding carboxylic acids is 1. The first-order chi connectivity index (χ1) is 15.9. The molecule has 0 radical (unpaired) electrons. The third-order valence-corrected chi connectivity index (χ3v) is 8.91. The predicted molar refractivity (Wildman–Crippen MR) is 131 cm³/mol. The van der Waals surface area contributed by atoms with Crippen molar-refractivity contribution >= 4 is 32.4 Å². The monoisotopic (exact) mass is 463 g/mol. The lowest BCUT2D eigenvalue weighted by Gasteiger charge is -2.52. The van der Waals surface area contributed by atoms with Crippen LogP contribution in [-0.4, -0.2) is 33.5 Å². The molecule has 1 unspecified atom stereocenters. The fourth-order valence-electron chi connectivity index (χ4n) is 5.29. The summed E-state index contributed by atoms with van der Waals surface area (Å²) in [6, 6.07) is 18.0. The van der Waals surface area contributed by atoms with Crippen molar-refractivity contribution < 1.29 is 13.2 Å². The molecule has 1 saturated carbocycles. The van der Waals surface area contributed by atoms with E-state index in [-0.39, 0.29) is 22.3 Å². The van der Waals surface area contributed by atoms with E-state index < -0.39 is 10.0 Å². The largest absolute Gasteiger partial charge is 0.321 e. The molecule has 3 aromatic carbocycles. The van der Waals surface area contributed by atoms with Crippen molar-refractivity contribution in [1.82, 2.24) is 10.0 Å². The van der Waals surface area contributed by atoms with Gasteiger partial charge in [0.05, 0.1) is 4.90 Å². The molecular formula is C26H29N3O3S. The first-order valence-corrected chi connectivity index (χ1v) is 13.0. The van der Waals surface area contributed by atoms with Gasteiger partial charge in [0.15, 0.2) is 0 Å². The SMILES string of the molecule is Cc1ccccc1C(=O)Nc1ccc(S(=O)(=O)NC2CCC23CCNCC3)c2ccccc12. The van der Waals surface area contributed by atoms with Crippen LogP contribution in [0.1, 0.15) is 41.6 Å². The highest BCUT2D eigenvalue weighted by molar-refractivity contribution is 7.89. The molecule has 1 amide bonds. The van der Waals surface area contributed by atoms with Crippen LogP contribution in [0.4, 0.5) is 5.69 Å². The summed E-state index contributed by atoms with van der Waals surface area (Å²) in [7, 11) is -3.71. The number of fused-ring (bicyclic) bond motifs is 1. The average Bonchev–Trinajstić information content (AvgIpc) is 2.83. The van der Waals surface area contributed by atoms with Crippen molar-refractivity contribution in [2.75, 3.05) is 18.4 Å². The van der Waals surface area contributed by atoms with Crippen LogP contribution in [0.5, 0.6) is 0 Å². The molecular weight excluding hydrogens is 434 g/mol. The highest BCUT2D eigenvalue weighted by atomic mass is 32.2. The van der Waals surface area contributed by atoms with E-state index in [9.17, 15) is 13.2 Å². The number of nitrogens with one attached hydrogen (secondary N) is 3. The Hall–Kier alpha value is -2.74. The van der Waals surface area contributed by atoms with Gasteiger partial charge in [0, 0.05) is 28.1 Å². The third-order valence-electron chi connectivity index (χ3n) is 7.38. The molecule has 1 atom stereocenters. The summed E-state index contributed by atoms with van der Waals surface area (Å²) >= 11 is 0.